The zero-order valence-corrected chi connectivity index (χ0v) is 11.2. The van der Waals surface area contributed by atoms with Crippen LogP contribution in [-0.2, 0) is 11.9 Å². The quantitative estimate of drug-likeness (QED) is 0.663. The van der Waals surface area contributed by atoms with E-state index in [1.54, 1.807) is 23.0 Å². The second-order valence-corrected chi connectivity index (χ2v) is 21.4. The summed E-state index contributed by atoms with van der Waals surface area (Å²) in [6, 6.07) is 0. The van der Waals surface area contributed by atoms with Crippen molar-refractivity contribution in [2.24, 2.45) is 0 Å². The second kappa shape index (κ2) is 8.06. The van der Waals surface area contributed by atoms with Crippen molar-refractivity contribution >= 4 is 49.0 Å². The zero-order chi connectivity index (χ0) is 8.04. The number of hydrogen-bond acceptors (Lipinski definition) is 3. The molecule has 1 aromatic heterocycles. The molecule has 0 radical (unpaired) electrons. The van der Waals surface area contributed by atoms with E-state index in [-0.39, 0.29) is 6.15 Å². The van der Waals surface area contributed by atoms with Crippen LogP contribution in [0.2, 0.25) is 0 Å². The van der Waals surface area contributed by atoms with E-state index >= 15 is 0 Å². The van der Waals surface area contributed by atoms with Gasteiger partial charge in [0.1, 0.15) is 0 Å². The minimum absolute atomic E-state index is 0. The molecule has 0 spiro atoms. The monoisotopic (exact) mass is 437 g/mol. The molecule has 0 saturated heterocycles. The molecule has 0 aliphatic rings. The van der Waals surface area contributed by atoms with E-state index in [4.69, 9.17) is 37.7 Å². The third-order valence-corrected chi connectivity index (χ3v) is 0.869. The topological polar surface area (TPSA) is 47.9 Å². The van der Waals surface area contributed by atoms with Gasteiger partial charge in [-0.2, -0.15) is 0 Å². The first-order valence-corrected chi connectivity index (χ1v) is 14.0. The summed E-state index contributed by atoms with van der Waals surface area (Å²) in [5.74, 6) is 0. The van der Waals surface area contributed by atoms with Crippen LogP contribution in [0.3, 0.4) is 0 Å². The van der Waals surface area contributed by atoms with Gasteiger partial charge in [0.15, 0.2) is 0 Å². The van der Waals surface area contributed by atoms with Crippen LogP contribution in [-0.4, -0.2) is 4.98 Å². The molecule has 8 heteroatoms. The number of aromatic nitrogens is 1. The molecule has 11 heavy (non-hydrogen) atoms. The van der Waals surface area contributed by atoms with Gasteiger partial charge in [0.05, 0.1) is 5.51 Å². The van der Waals surface area contributed by atoms with Gasteiger partial charge in [0.25, 0.3) is 0 Å². The van der Waals surface area contributed by atoms with Crippen molar-refractivity contribution in [2.45, 2.75) is 0 Å². The molecular weight excluding hydrogens is 433 g/mol. The van der Waals surface area contributed by atoms with Crippen LogP contribution in [0.15, 0.2) is 17.1 Å². The Morgan fingerprint density at radius 1 is 1.18 bits per heavy atom. The molecule has 1 rings (SSSR count). The van der Waals surface area contributed by atoms with E-state index in [9.17, 15) is 0 Å². The maximum absolute atomic E-state index is 5.01. The van der Waals surface area contributed by atoms with E-state index in [2.05, 4.69) is 4.98 Å². The normalized spacial score (nSPS) is 10.5. The molecule has 2 nitrogen and oxygen atoms in total. The Hall–Kier alpha value is 1.44. The van der Waals surface area contributed by atoms with Gasteiger partial charge in [-0.25, -0.2) is 0 Å². The fourth-order valence-electron chi connectivity index (χ4n) is 0.176. The van der Waals surface area contributed by atoms with Gasteiger partial charge >= 0.3 is 49.6 Å². The Kier molecular flexibility index (Phi) is 10.9. The summed E-state index contributed by atoms with van der Waals surface area (Å²) in [7, 11) is 20.0. The first-order chi connectivity index (χ1) is 4.50. The second-order valence-electron chi connectivity index (χ2n) is 0.947. The average Bonchev–Trinajstić information content (AvgIpc) is 2.07. The molecule has 0 bridgehead atoms. The number of rotatable bonds is 0. The van der Waals surface area contributed by atoms with Gasteiger partial charge < -0.3 is 6.15 Å². The molecule has 3 N–H and O–H groups in total. The summed E-state index contributed by atoms with van der Waals surface area (Å²) >= 11 is -1.45. The molecule has 1 heterocycles. The molecule has 0 fully saturated rings. The number of hydrogen-bond donors (Lipinski definition) is 1. The van der Waals surface area contributed by atoms with E-state index in [1.165, 1.54) is 0 Å². The minimum atomic E-state index is -3.06. The van der Waals surface area contributed by atoms with Gasteiger partial charge in [-0.15, -0.1) is 11.3 Å². The fraction of sp³-hybridized carbons (Fsp3) is 0. The van der Waals surface area contributed by atoms with Crippen LogP contribution in [0.1, 0.15) is 0 Å². The Morgan fingerprint density at radius 3 is 1.73 bits per heavy atom. The smallest absolute Gasteiger partial charge is 0.0791 e. The third-order valence-electron chi connectivity index (χ3n) is 0.347. The van der Waals surface area contributed by atoms with Crippen molar-refractivity contribution in [1.29, 1.82) is 0 Å². The summed E-state index contributed by atoms with van der Waals surface area (Å²) in [5, 5.41) is 1.93. The predicted molar refractivity (Wildman–Crippen MR) is 50.5 cm³/mol. The SMILES string of the molecule is N.[Cl][Pt]([Cl])([Cl])[Cl].c1cscn1. The molecule has 0 unspecified atom stereocenters. The van der Waals surface area contributed by atoms with Crippen LogP contribution in [0, 0.1) is 0 Å². The molecule has 0 aliphatic carbocycles. The standard InChI is InChI=1S/C3H3NS.4ClH.H3N.Pt/c1-2-5-3-4-1;;;;;;/h1-3H;4*1H;1H3;/q;;;;;;+4/p-4. The molecule has 1 aromatic rings. The third kappa shape index (κ3) is 24.6. The van der Waals surface area contributed by atoms with E-state index in [1.807, 2.05) is 5.38 Å². The Labute approximate surface area is 88.3 Å². The van der Waals surface area contributed by atoms with E-state index in [0.717, 1.165) is 0 Å². The van der Waals surface area contributed by atoms with Crippen LogP contribution in [0.5, 0.6) is 0 Å². The number of halogens is 4. The maximum Gasteiger partial charge on any atom is 0.0791 e. The fourth-order valence-corrected chi connectivity index (χ4v) is 0.527. The Morgan fingerprint density at radius 2 is 1.64 bits per heavy atom. The van der Waals surface area contributed by atoms with E-state index in [0.29, 0.717) is 0 Å². The Bertz CT molecular complexity index is 130. The van der Waals surface area contributed by atoms with Crippen molar-refractivity contribution in [3.05, 3.63) is 17.1 Å². The minimum Gasteiger partial charge on any atom is -0.253 e. The summed E-state index contributed by atoms with van der Waals surface area (Å²) in [6.45, 7) is 0. The molecule has 0 aromatic carbocycles. The maximum atomic E-state index is 5.01. The largest absolute Gasteiger partial charge is 0.253 e. The molecule has 0 atom stereocenters. The van der Waals surface area contributed by atoms with Crippen LogP contribution < -0.4 is 6.15 Å². The van der Waals surface area contributed by atoms with Crippen molar-refractivity contribution in [3.63, 3.8) is 0 Å². The van der Waals surface area contributed by atoms with Gasteiger partial charge in [0, 0.05) is 11.6 Å². The van der Waals surface area contributed by atoms with Crippen molar-refractivity contribution in [1.82, 2.24) is 11.1 Å². The summed E-state index contributed by atoms with van der Waals surface area (Å²) in [6.07, 6.45) is 1.77. The number of nitrogens with zero attached hydrogens (tertiary/aromatic N) is 1. The molecule has 0 aliphatic heterocycles. The van der Waals surface area contributed by atoms with Crippen molar-refractivity contribution in [3.8, 4) is 0 Å². The zero-order valence-electron chi connectivity index (χ0n) is 5.12. The predicted octanol–water partition coefficient (Wildman–Crippen LogP) is 4.06. The van der Waals surface area contributed by atoms with Gasteiger partial charge in [-0.3, -0.25) is 4.98 Å². The van der Waals surface area contributed by atoms with Gasteiger partial charge in [-0.1, -0.05) is 0 Å². The number of thiazole rings is 1. The van der Waals surface area contributed by atoms with Crippen LogP contribution in [0.25, 0.3) is 0 Å². The molecule has 0 amide bonds. The van der Waals surface area contributed by atoms with Gasteiger partial charge in [0.2, 0.25) is 0 Å². The molecular formula is C3H6Cl4N2PtS. The molecule has 0 saturated carbocycles. The summed E-state index contributed by atoms with van der Waals surface area (Å²) in [4.78, 5) is 3.74. The average molecular weight is 439 g/mol. The summed E-state index contributed by atoms with van der Waals surface area (Å²) in [5.41, 5.74) is 1.79. The van der Waals surface area contributed by atoms with Crippen molar-refractivity contribution in [2.75, 3.05) is 0 Å². The first-order valence-electron chi connectivity index (χ1n) is 1.80. The van der Waals surface area contributed by atoms with Crippen LogP contribution >= 0.6 is 49.0 Å². The van der Waals surface area contributed by atoms with Crippen LogP contribution in [0.4, 0.5) is 0 Å². The molecule has 72 valence electrons. The summed E-state index contributed by atoms with van der Waals surface area (Å²) < 4.78 is 0. The van der Waals surface area contributed by atoms with E-state index < -0.39 is 11.9 Å². The first kappa shape index (κ1) is 14.9. The van der Waals surface area contributed by atoms with Crippen molar-refractivity contribution < 1.29 is 11.9 Å². The Balaban J connectivity index is 0. The van der Waals surface area contributed by atoms with Gasteiger partial charge in [-0.05, 0) is 0 Å².